The highest BCUT2D eigenvalue weighted by atomic mass is 19.1. The normalized spacial score (nSPS) is 10.6. The molecule has 34 heavy (non-hydrogen) atoms. The van der Waals surface area contributed by atoms with Gasteiger partial charge < -0.3 is 14.6 Å². The lowest BCUT2D eigenvalue weighted by atomic mass is 10.1. The van der Waals surface area contributed by atoms with Crippen LogP contribution in [0, 0.1) is 11.6 Å². The Bertz CT molecular complexity index is 1250. The van der Waals surface area contributed by atoms with Gasteiger partial charge in [0.15, 0.2) is 5.76 Å². The third kappa shape index (κ3) is 5.95. The van der Waals surface area contributed by atoms with E-state index in [9.17, 15) is 18.4 Å². The molecule has 3 aromatic carbocycles. The fourth-order valence-corrected chi connectivity index (χ4v) is 3.47. The Morgan fingerprint density at radius 1 is 0.794 bits per heavy atom. The van der Waals surface area contributed by atoms with Crippen LogP contribution in [-0.2, 0) is 24.3 Å². The Hall–Kier alpha value is -4.26. The maximum Gasteiger partial charge on any atom is 0.294 e. The smallest absolute Gasteiger partial charge is 0.294 e. The summed E-state index contributed by atoms with van der Waals surface area (Å²) in [6.07, 6.45) is 1.53. The number of anilines is 1. The summed E-state index contributed by atoms with van der Waals surface area (Å²) in [6.45, 7) is 0.479. The molecule has 4 rings (SSSR count). The quantitative estimate of drug-likeness (QED) is 0.390. The van der Waals surface area contributed by atoms with E-state index in [-0.39, 0.29) is 48.7 Å². The van der Waals surface area contributed by atoms with Gasteiger partial charge >= 0.3 is 0 Å². The monoisotopic (exact) mass is 460 g/mol. The van der Waals surface area contributed by atoms with Gasteiger partial charge in [-0.15, -0.1) is 0 Å². The molecule has 0 aliphatic carbocycles. The number of nitrogens with one attached hydrogen (secondary N) is 1. The van der Waals surface area contributed by atoms with Gasteiger partial charge in [-0.1, -0.05) is 36.4 Å². The fourth-order valence-electron chi connectivity index (χ4n) is 3.47. The molecule has 0 bridgehead atoms. The Morgan fingerprint density at radius 2 is 1.47 bits per heavy atom. The third-order valence-electron chi connectivity index (χ3n) is 5.22. The first-order valence-electron chi connectivity index (χ1n) is 10.7. The molecular formula is C27H22F2N2O3. The van der Waals surface area contributed by atoms with Crippen LogP contribution in [0.5, 0.6) is 0 Å². The Balaban J connectivity index is 1.50. The number of hydrogen-bond acceptors (Lipinski definition) is 3. The van der Waals surface area contributed by atoms with E-state index in [1.165, 1.54) is 35.4 Å². The molecule has 0 saturated carbocycles. The molecule has 0 unspecified atom stereocenters. The van der Waals surface area contributed by atoms with Crippen molar-refractivity contribution in [3.05, 3.63) is 125 Å². The van der Waals surface area contributed by atoms with Crippen LogP contribution in [-0.4, -0.2) is 11.8 Å². The predicted molar refractivity (Wildman–Crippen MR) is 124 cm³/mol. The fraction of sp³-hybridized carbons (Fsp3) is 0.111. The van der Waals surface area contributed by atoms with Gasteiger partial charge in [-0.2, -0.15) is 0 Å². The first-order valence-corrected chi connectivity index (χ1v) is 10.7. The SMILES string of the molecule is O=C(Cc1cccc(N(Cc2ccc(F)cc2)C(=O)c2ccco2)c1)NCc1ccc(F)cc1. The molecule has 1 aromatic heterocycles. The Morgan fingerprint density at radius 3 is 2.12 bits per heavy atom. The van der Waals surface area contributed by atoms with Crippen molar-refractivity contribution in [1.29, 1.82) is 0 Å². The maximum atomic E-state index is 13.3. The van der Waals surface area contributed by atoms with Crippen molar-refractivity contribution in [3.63, 3.8) is 0 Å². The summed E-state index contributed by atoms with van der Waals surface area (Å²) in [6, 6.07) is 22.1. The van der Waals surface area contributed by atoms with Gasteiger partial charge in [-0.25, -0.2) is 8.78 Å². The topological polar surface area (TPSA) is 62.6 Å². The molecular weight excluding hydrogens is 438 g/mol. The zero-order valence-electron chi connectivity index (χ0n) is 18.2. The van der Waals surface area contributed by atoms with Crippen LogP contribution in [0.4, 0.5) is 14.5 Å². The van der Waals surface area contributed by atoms with Crippen LogP contribution in [0.25, 0.3) is 0 Å². The number of halogens is 2. The first kappa shape index (κ1) is 22.9. The van der Waals surface area contributed by atoms with E-state index in [0.29, 0.717) is 11.3 Å². The number of carbonyl (C=O) groups is 2. The minimum atomic E-state index is -0.360. The van der Waals surface area contributed by atoms with E-state index < -0.39 is 0 Å². The van der Waals surface area contributed by atoms with Crippen LogP contribution in [0.1, 0.15) is 27.2 Å². The molecule has 0 aliphatic heterocycles. The molecule has 4 aromatic rings. The van der Waals surface area contributed by atoms with Crippen molar-refractivity contribution in [1.82, 2.24) is 5.32 Å². The van der Waals surface area contributed by atoms with Crippen molar-refractivity contribution >= 4 is 17.5 Å². The Labute approximate surface area is 195 Å². The van der Waals surface area contributed by atoms with Gasteiger partial charge in [0.05, 0.1) is 19.2 Å². The van der Waals surface area contributed by atoms with Crippen LogP contribution in [0.2, 0.25) is 0 Å². The van der Waals surface area contributed by atoms with Gasteiger partial charge in [0, 0.05) is 12.2 Å². The molecule has 2 amide bonds. The minimum absolute atomic E-state index is 0.106. The van der Waals surface area contributed by atoms with Crippen LogP contribution in [0.15, 0.2) is 95.6 Å². The minimum Gasteiger partial charge on any atom is -0.459 e. The van der Waals surface area contributed by atoms with Crippen molar-refractivity contribution in [2.45, 2.75) is 19.5 Å². The second-order valence-corrected chi connectivity index (χ2v) is 7.74. The summed E-state index contributed by atoms with van der Waals surface area (Å²) < 4.78 is 31.7. The van der Waals surface area contributed by atoms with Gasteiger partial charge in [0.2, 0.25) is 5.91 Å². The summed E-state index contributed by atoms with van der Waals surface area (Å²) >= 11 is 0. The third-order valence-corrected chi connectivity index (χ3v) is 5.22. The molecule has 1 heterocycles. The highest BCUT2D eigenvalue weighted by molar-refractivity contribution is 6.04. The number of nitrogens with zero attached hydrogens (tertiary/aromatic N) is 1. The lowest BCUT2D eigenvalue weighted by Gasteiger charge is -2.23. The largest absolute Gasteiger partial charge is 0.459 e. The molecule has 1 N–H and O–H groups in total. The molecule has 5 nitrogen and oxygen atoms in total. The number of benzene rings is 3. The number of amides is 2. The highest BCUT2D eigenvalue weighted by Crippen LogP contribution is 2.22. The molecule has 0 atom stereocenters. The molecule has 0 spiro atoms. The first-order chi connectivity index (χ1) is 16.5. The number of hydrogen-bond donors (Lipinski definition) is 1. The van der Waals surface area contributed by atoms with Crippen molar-refractivity contribution in [2.75, 3.05) is 4.90 Å². The lowest BCUT2D eigenvalue weighted by Crippen LogP contribution is -2.30. The summed E-state index contributed by atoms with van der Waals surface area (Å²) in [5, 5.41) is 2.81. The van der Waals surface area contributed by atoms with Crippen molar-refractivity contribution in [2.24, 2.45) is 0 Å². The summed E-state index contributed by atoms with van der Waals surface area (Å²) in [7, 11) is 0. The molecule has 7 heteroatoms. The predicted octanol–water partition coefficient (Wildman–Crippen LogP) is 5.26. The summed E-state index contributed by atoms with van der Waals surface area (Å²) in [5.74, 6) is -1.08. The zero-order chi connectivity index (χ0) is 23.9. The van der Waals surface area contributed by atoms with Crippen LogP contribution in [0.3, 0.4) is 0 Å². The van der Waals surface area contributed by atoms with Crippen LogP contribution >= 0.6 is 0 Å². The molecule has 172 valence electrons. The molecule has 0 radical (unpaired) electrons. The van der Waals surface area contributed by atoms with Crippen LogP contribution < -0.4 is 10.2 Å². The Kier molecular flexibility index (Phi) is 7.13. The van der Waals surface area contributed by atoms with E-state index in [1.54, 1.807) is 60.7 Å². The van der Waals surface area contributed by atoms with Crippen molar-refractivity contribution in [3.8, 4) is 0 Å². The van der Waals surface area contributed by atoms with Gasteiger partial charge in [-0.05, 0) is 65.2 Å². The molecule has 0 saturated heterocycles. The average Bonchev–Trinajstić information content (AvgIpc) is 3.38. The van der Waals surface area contributed by atoms with E-state index in [4.69, 9.17) is 4.42 Å². The van der Waals surface area contributed by atoms with Gasteiger partial charge in [-0.3, -0.25) is 9.59 Å². The maximum absolute atomic E-state index is 13.3. The molecule has 0 aliphatic rings. The molecule has 0 fully saturated rings. The van der Waals surface area contributed by atoms with Gasteiger partial charge in [0.1, 0.15) is 11.6 Å². The van der Waals surface area contributed by atoms with E-state index in [2.05, 4.69) is 5.32 Å². The summed E-state index contributed by atoms with van der Waals surface area (Å²) in [5.41, 5.74) is 2.82. The van der Waals surface area contributed by atoms with Gasteiger partial charge in [0.25, 0.3) is 5.91 Å². The second kappa shape index (κ2) is 10.6. The lowest BCUT2D eigenvalue weighted by molar-refractivity contribution is -0.120. The number of rotatable bonds is 8. The van der Waals surface area contributed by atoms with E-state index >= 15 is 0 Å². The van der Waals surface area contributed by atoms with E-state index in [0.717, 1.165) is 11.1 Å². The standard InChI is InChI=1S/C27H22F2N2O3/c28-22-10-6-19(7-11-22)17-30-26(32)16-21-3-1-4-24(15-21)31(27(33)25-5-2-14-34-25)18-20-8-12-23(29)13-9-20/h1-15H,16-18H2,(H,30,32). The summed E-state index contributed by atoms with van der Waals surface area (Å²) in [4.78, 5) is 27.1. The van der Waals surface area contributed by atoms with Crippen molar-refractivity contribution < 1.29 is 22.8 Å². The highest BCUT2D eigenvalue weighted by Gasteiger charge is 2.21. The number of furan rings is 1. The average molecular weight is 460 g/mol. The second-order valence-electron chi connectivity index (χ2n) is 7.74. The zero-order valence-corrected chi connectivity index (χ0v) is 18.2. The number of carbonyl (C=O) groups excluding carboxylic acids is 2. The van der Waals surface area contributed by atoms with E-state index in [1.807, 2.05) is 0 Å².